The van der Waals surface area contributed by atoms with Gasteiger partial charge < -0.3 is 10.2 Å². The Labute approximate surface area is 195 Å². The number of hydrogen-bond donors (Lipinski definition) is 1. The van der Waals surface area contributed by atoms with Crippen LogP contribution in [0.15, 0.2) is 22.4 Å². The lowest BCUT2D eigenvalue weighted by Crippen LogP contribution is -2.54. The van der Waals surface area contributed by atoms with Gasteiger partial charge in [0, 0.05) is 50.4 Å². The Hall–Kier alpha value is -2.79. The van der Waals surface area contributed by atoms with Crippen LogP contribution in [0.2, 0.25) is 0 Å². The molecule has 33 heavy (non-hydrogen) atoms. The fourth-order valence-electron chi connectivity index (χ4n) is 5.23. The van der Waals surface area contributed by atoms with Crippen LogP contribution in [-0.4, -0.2) is 80.2 Å². The lowest BCUT2D eigenvalue weighted by Gasteiger charge is -2.37. The Morgan fingerprint density at radius 3 is 2.76 bits per heavy atom. The zero-order valence-corrected chi connectivity index (χ0v) is 19.5. The molecule has 0 bridgehead atoms. The summed E-state index contributed by atoms with van der Waals surface area (Å²) in [6, 6.07) is 1.10. The molecule has 2 atom stereocenters. The second-order valence-corrected chi connectivity index (χ2v) is 10.1. The van der Waals surface area contributed by atoms with Gasteiger partial charge in [0.2, 0.25) is 5.91 Å². The molecule has 2 aromatic rings. The number of imide groups is 1. The molecule has 1 saturated carbocycles. The number of hydrogen-bond acceptors (Lipinski definition) is 7. The van der Waals surface area contributed by atoms with Crippen molar-refractivity contribution < 1.29 is 14.4 Å². The van der Waals surface area contributed by atoms with E-state index in [1.54, 1.807) is 17.2 Å². The molecule has 3 aliphatic rings. The van der Waals surface area contributed by atoms with Gasteiger partial charge in [-0.05, 0) is 18.8 Å². The third-order valence-corrected chi connectivity index (χ3v) is 8.02. The van der Waals surface area contributed by atoms with Crippen molar-refractivity contribution in [3.63, 3.8) is 0 Å². The van der Waals surface area contributed by atoms with E-state index >= 15 is 0 Å². The minimum Gasteiger partial charge on any atom is -0.339 e. The first-order chi connectivity index (χ1) is 15.9. The highest BCUT2D eigenvalue weighted by Crippen LogP contribution is 2.38. The van der Waals surface area contributed by atoms with Gasteiger partial charge in [0.15, 0.2) is 4.96 Å². The number of nitrogens with one attached hydrogen (secondary N) is 1. The maximum Gasteiger partial charge on any atom is 0.325 e. The van der Waals surface area contributed by atoms with Crippen LogP contribution < -0.4 is 10.9 Å². The zero-order chi connectivity index (χ0) is 23.2. The first kappa shape index (κ1) is 22.0. The Kier molecular flexibility index (Phi) is 5.69. The van der Waals surface area contributed by atoms with Gasteiger partial charge in [-0.2, -0.15) is 0 Å². The number of thiazole rings is 1. The lowest BCUT2D eigenvalue weighted by molar-refractivity contribution is -0.141. The molecule has 2 aromatic heterocycles. The Morgan fingerprint density at radius 2 is 2.00 bits per heavy atom. The summed E-state index contributed by atoms with van der Waals surface area (Å²) in [6.45, 7) is 4.61. The van der Waals surface area contributed by atoms with Gasteiger partial charge in [0.1, 0.15) is 12.1 Å². The number of piperazine rings is 1. The van der Waals surface area contributed by atoms with Crippen molar-refractivity contribution in [1.82, 2.24) is 29.4 Å². The highest BCUT2D eigenvalue weighted by Gasteiger charge is 2.55. The van der Waals surface area contributed by atoms with E-state index in [2.05, 4.69) is 15.2 Å². The van der Waals surface area contributed by atoms with Crippen molar-refractivity contribution in [3.8, 4) is 0 Å². The molecule has 1 N–H and O–H groups in total. The van der Waals surface area contributed by atoms with Gasteiger partial charge in [0.25, 0.3) is 11.5 Å². The second-order valence-electron chi connectivity index (χ2n) is 9.24. The molecule has 0 radical (unpaired) electrons. The first-order valence-corrected chi connectivity index (χ1v) is 12.4. The maximum absolute atomic E-state index is 13.1. The summed E-state index contributed by atoms with van der Waals surface area (Å²) in [5.41, 5.74) is -0.221. The molecule has 1 spiro atoms. The van der Waals surface area contributed by atoms with Gasteiger partial charge in [-0.25, -0.2) is 9.78 Å². The third kappa shape index (κ3) is 3.93. The number of aromatic nitrogens is 2. The van der Waals surface area contributed by atoms with E-state index in [4.69, 9.17) is 0 Å². The van der Waals surface area contributed by atoms with Crippen LogP contribution in [0.25, 0.3) is 4.96 Å². The van der Waals surface area contributed by atoms with Gasteiger partial charge in [-0.1, -0.05) is 19.8 Å². The van der Waals surface area contributed by atoms with E-state index in [1.807, 2.05) is 12.3 Å². The number of urea groups is 1. The van der Waals surface area contributed by atoms with Gasteiger partial charge in [-0.15, -0.1) is 11.3 Å². The topological polar surface area (TPSA) is 107 Å². The van der Waals surface area contributed by atoms with Crippen LogP contribution in [0.1, 0.15) is 38.3 Å². The smallest absolute Gasteiger partial charge is 0.325 e. The molecule has 10 nitrogen and oxygen atoms in total. The Bertz CT molecular complexity index is 1150. The van der Waals surface area contributed by atoms with E-state index in [9.17, 15) is 19.2 Å². The minimum absolute atomic E-state index is 0.0707. The molecule has 2 unspecified atom stereocenters. The van der Waals surface area contributed by atoms with Crippen molar-refractivity contribution in [2.75, 3.05) is 32.7 Å². The first-order valence-electron chi connectivity index (χ1n) is 11.5. The molecule has 4 amide bonds. The number of rotatable bonds is 4. The van der Waals surface area contributed by atoms with E-state index in [1.165, 1.54) is 15.7 Å². The molecule has 176 valence electrons. The predicted molar refractivity (Wildman–Crippen MR) is 122 cm³/mol. The van der Waals surface area contributed by atoms with E-state index in [0.29, 0.717) is 49.8 Å². The molecular formula is C22H28N6O4S. The summed E-state index contributed by atoms with van der Waals surface area (Å²) in [7, 11) is 0. The van der Waals surface area contributed by atoms with E-state index in [0.717, 1.165) is 24.2 Å². The summed E-state index contributed by atoms with van der Waals surface area (Å²) >= 11 is 1.42. The number of carbonyl (C=O) groups is 3. The Morgan fingerprint density at radius 1 is 1.21 bits per heavy atom. The van der Waals surface area contributed by atoms with Crippen LogP contribution >= 0.6 is 11.3 Å². The minimum atomic E-state index is -0.844. The number of amides is 4. The molecule has 11 heteroatoms. The molecule has 5 rings (SSSR count). The monoisotopic (exact) mass is 472 g/mol. The zero-order valence-electron chi connectivity index (χ0n) is 18.7. The van der Waals surface area contributed by atoms with Gasteiger partial charge in [-0.3, -0.25) is 28.6 Å². The largest absolute Gasteiger partial charge is 0.339 e. The van der Waals surface area contributed by atoms with Crippen LogP contribution in [0.4, 0.5) is 4.79 Å². The molecule has 4 heterocycles. The van der Waals surface area contributed by atoms with Crippen LogP contribution in [0.3, 0.4) is 0 Å². The quantitative estimate of drug-likeness (QED) is 0.663. The van der Waals surface area contributed by atoms with Crippen molar-refractivity contribution in [1.29, 1.82) is 0 Å². The molecule has 2 saturated heterocycles. The van der Waals surface area contributed by atoms with Crippen molar-refractivity contribution in [2.24, 2.45) is 5.92 Å². The van der Waals surface area contributed by atoms with Crippen molar-refractivity contribution in [2.45, 2.75) is 44.7 Å². The van der Waals surface area contributed by atoms with Crippen molar-refractivity contribution >= 4 is 34.1 Å². The number of nitrogens with zero attached hydrogens (tertiary/aromatic N) is 5. The standard InChI is InChI=1S/C22H28N6O4S/c1-15-4-2-3-5-22(15)19(31)28(20(32)24-22)14-18(30)26-8-6-25(7-9-26)13-16-12-17(29)27-10-11-33-21(27)23-16/h10-12,15H,2-9,13-14H2,1H3,(H,24,32). The molecule has 3 fully saturated rings. The molecule has 2 aliphatic heterocycles. The fraction of sp³-hybridized carbons (Fsp3) is 0.591. The summed E-state index contributed by atoms with van der Waals surface area (Å²) < 4.78 is 1.53. The van der Waals surface area contributed by atoms with Crippen molar-refractivity contribution in [3.05, 3.63) is 33.7 Å². The SMILES string of the molecule is CC1CCCCC12NC(=O)N(CC(=O)N1CCN(Cc3cc(=O)n4ccsc4n3)CC1)C2=O. The van der Waals surface area contributed by atoms with E-state index < -0.39 is 11.6 Å². The van der Waals surface area contributed by atoms with Gasteiger partial charge in [0.05, 0.1) is 5.69 Å². The normalized spacial score (nSPS) is 26.4. The predicted octanol–water partition coefficient (Wildman–Crippen LogP) is 0.901. The summed E-state index contributed by atoms with van der Waals surface area (Å²) in [6.07, 6.45) is 5.21. The summed E-state index contributed by atoms with van der Waals surface area (Å²) in [5.74, 6) is -0.399. The van der Waals surface area contributed by atoms with Crippen LogP contribution in [0.5, 0.6) is 0 Å². The fourth-order valence-corrected chi connectivity index (χ4v) is 5.97. The summed E-state index contributed by atoms with van der Waals surface area (Å²) in [5, 5.41) is 4.74. The highest BCUT2D eigenvalue weighted by atomic mass is 32.1. The van der Waals surface area contributed by atoms with Gasteiger partial charge >= 0.3 is 6.03 Å². The maximum atomic E-state index is 13.1. The third-order valence-electron chi connectivity index (χ3n) is 7.26. The Balaban J connectivity index is 1.17. The number of carbonyl (C=O) groups excluding carboxylic acids is 3. The average molecular weight is 473 g/mol. The lowest BCUT2D eigenvalue weighted by atomic mass is 9.73. The highest BCUT2D eigenvalue weighted by molar-refractivity contribution is 7.15. The second kappa shape index (κ2) is 8.53. The number of fused-ring (bicyclic) bond motifs is 1. The van der Waals surface area contributed by atoms with Crippen LogP contribution in [-0.2, 0) is 16.1 Å². The molecule has 1 aliphatic carbocycles. The molecular weight excluding hydrogens is 444 g/mol. The summed E-state index contributed by atoms with van der Waals surface area (Å²) in [4.78, 5) is 60.9. The average Bonchev–Trinajstić information content (AvgIpc) is 3.36. The van der Waals surface area contributed by atoms with Crippen LogP contribution in [0, 0.1) is 5.92 Å². The van der Waals surface area contributed by atoms with E-state index in [-0.39, 0.29) is 29.8 Å². The molecule has 0 aromatic carbocycles.